The smallest absolute Gasteiger partial charge is 0.149 e. The van der Waals surface area contributed by atoms with Gasteiger partial charge in [-0.3, -0.25) is 0 Å². The van der Waals surface area contributed by atoms with E-state index in [1.807, 2.05) is 0 Å². The quantitative estimate of drug-likeness (QED) is 0.501. The van der Waals surface area contributed by atoms with Crippen LogP contribution in [-0.4, -0.2) is 17.0 Å². The van der Waals surface area contributed by atoms with Crippen LogP contribution in [0.2, 0.25) is 0 Å². The molecular weight excluding hydrogens is 159 g/mol. The molecule has 1 heterocycles. The molecule has 0 N–H and O–H groups in total. The molecule has 2 atom stereocenters. The first-order chi connectivity index (χ1) is 4.23. The lowest BCUT2D eigenvalue weighted by Crippen LogP contribution is -2.06. The Morgan fingerprint density at radius 2 is 2.22 bits per heavy atom. The first-order valence-electron chi connectivity index (χ1n) is 3.22. The molecule has 1 aliphatic heterocycles. The Hall–Kier alpha value is 0.540. The third kappa shape index (κ3) is 0.787. The molecule has 0 radical (unpaired) electrons. The van der Waals surface area contributed by atoms with Crippen molar-refractivity contribution in [3.63, 3.8) is 0 Å². The zero-order valence-corrected chi connectivity index (χ0v) is 6.45. The second kappa shape index (κ2) is 1.77. The van der Waals surface area contributed by atoms with Crippen molar-refractivity contribution >= 4 is 23.2 Å². The van der Waals surface area contributed by atoms with Crippen LogP contribution in [0.5, 0.6) is 0 Å². The van der Waals surface area contributed by atoms with Gasteiger partial charge in [-0.2, -0.15) is 0 Å². The van der Waals surface area contributed by atoms with Gasteiger partial charge in [0.05, 0.1) is 6.10 Å². The molecule has 0 aromatic carbocycles. The van der Waals surface area contributed by atoms with Crippen molar-refractivity contribution in [2.24, 2.45) is 5.92 Å². The van der Waals surface area contributed by atoms with Gasteiger partial charge in [0.1, 0.15) is 4.33 Å². The molecule has 1 nitrogen and oxygen atoms in total. The topological polar surface area (TPSA) is 9.23 Å². The number of rotatable bonds is 0. The highest BCUT2D eigenvalue weighted by Crippen LogP contribution is 2.59. The van der Waals surface area contributed by atoms with E-state index in [4.69, 9.17) is 27.9 Å². The van der Waals surface area contributed by atoms with Crippen molar-refractivity contribution < 1.29 is 4.74 Å². The van der Waals surface area contributed by atoms with Crippen LogP contribution in [0.4, 0.5) is 0 Å². The Kier molecular flexibility index (Phi) is 1.24. The Bertz CT molecular complexity index is 121. The van der Waals surface area contributed by atoms with Crippen molar-refractivity contribution in [3.8, 4) is 0 Å². The van der Waals surface area contributed by atoms with E-state index < -0.39 is 4.33 Å². The molecule has 0 spiro atoms. The summed E-state index contributed by atoms with van der Waals surface area (Å²) < 4.78 is 4.77. The summed E-state index contributed by atoms with van der Waals surface area (Å²) >= 11 is 11.7. The Balaban J connectivity index is 2.06. The van der Waals surface area contributed by atoms with Crippen LogP contribution in [0.1, 0.15) is 12.8 Å². The summed E-state index contributed by atoms with van der Waals surface area (Å²) in [6, 6.07) is 0. The van der Waals surface area contributed by atoms with Crippen LogP contribution in [-0.2, 0) is 4.74 Å². The lowest BCUT2D eigenvalue weighted by atomic mass is 10.2. The maximum atomic E-state index is 5.85. The standard InChI is InChI=1S/C6H8Cl2O/c7-6(8)4-2-1-3-9-5(4)6/h4-5H,1-3H2/t4-,5-/m1/s1. The molecule has 0 bridgehead atoms. The maximum Gasteiger partial charge on any atom is 0.149 e. The van der Waals surface area contributed by atoms with Crippen molar-refractivity contribution in [2.45, 2.75) is 23.3 Å². The van der Waals surface area contributed by atoms with Crippen LogP contribution in [0.25, 0.3) is 0 Å². The van der Waals surface area contributed by atoms with Crippen molar-refractivity contribution in [1.82, 2.24) is 0 Å². The summed E-state index contributed by atoms with van der Waals surface area (Å²) in [5.41, 5.74) is 0. The van der Waals surface area contributed by atoms with Gasteiger partial charge < -0.3 is 4.74 Å². The Labute approximate surface area is 64.3 Å². The van der Waals surface area contributed by atoms with Gasteiger partial charge in [-0.25, -0.2) is 0 Å². The van der Waals surface area contributed by atoms with E-state index in [0.29, 0.717) is 5.92 Å². The molecule has 0 aromatic heterocycles. The molecule has 0 unspecified atom stereocenters. The molecule has 1 saturated carbocycles. The third-order valence-corrected chi connectivity index (χ3v) is 3.08. The highest BCUT2D eigenvalue weighted by molar-refractivity contribution is 6.51. The fourth-order valence-electron chi connectivity index (χ4n) is 1.44. The van der Waals surface area contributed by atoms with Gasteiger partial charge >= 0.3 is 0 Å². The highest BCUT2D eigenvalue weighted by atomic mass is 35.5. The molecule has 52 valence electrons. The second-order valence-electron chi connectivity index (χ2n) is 2.71. The van der Waals surface area contributed by atoms with E-state index >= 15 is 0 Å². The fraction of sp³-hybridized carbons (Fsp3) is 1.00. The first kappa shape index (κ1) is 6.26. The lowest BCUT2D eigenvalue weighted by molar-refractivity contribution is 0.0791. The SMILES string of the molecule is ClC1(Cl)[C@@H]2CCCO[C@H]21. The van der Waals surface area contributed by atoms with E-state index in [9.17, 15) is 0 Å². The summed E-state index contributed by atoms with van der Waals surface area (Å²) in [5, 5.41) is 0. The molecule has 1 aliphatic carbocycles. The van der Waals surface area contributed by atoms with Crippen molar-refractivity contribution in [2.75, 3.05) is 6.61 Å². The van der Waals surface area contributed by atoms with E-state index in [2.05, 4.69) is 0 Å². The van der Waals surface area contributed by atoms with Crippen molar-refractivity contribution in [3.05, 3.63) is 0 Å². The lowest BCUT2D eigenvalue weighted by Gasteiger charge is -2.06. The number of hydrogen-bond acceptors (Lipinski definition) is 1. The molecule has 3 heteroatoms. The molecular formula is C6H8Cl2O. The summed E-state index contributed by atoms with van der Waals surface area (Å²) in [6.07, 6.45) is 2.40. The van der Waals surface area contributed by atoms with Gasteiger partial charge in [0.25, 0.3) is 0 Å². The van der Waals surface area contributed by atoms with E-state index in [1.54, 1.807) is 0 Å². The normalized spacial score (nSPS) is 46.0. The minimum atomic E-state index is -0.531. The largest absolute Gasteiger partial charge is 0.375 e. The summed E-state index contributed by atoms with van der Waals surface area (Å²) in [6.45, 7) is 0.836. The minimum Gasteiger partial charge on any atom is -0.375 e. The number of alkyl halides is 2. The average molecular weight is 167 g/mol. The minimum absolute atomic E-state index is 0.148. The highest BCUT2D eigenvalue weighted by Gasteiger charge is 2.65. The van der Waals surface area contributed by atoms with Crippen LogP contribution in [0, 0.1) is 5.92 Å². The molecule has 2 fully saturated rings. The molecule has 0 amide bonds. The van der Waals surface area contributed by atoms with E-state index in [-0.39, 0.29) is 6.10 Å². The monoisotopic (exact) mass is 166 g/mol. The van der Waals surface area contributed by atoms with Gasteiger partial charge in [-0.05, 0) is 12.8 Å². The molecule has 0 aromatic rings. The van der Waals surface area contributed by atoms with Crippen LogP contribution in [0.15, 0.2) is 0 Å². The van der Waals surface area contributed by atoms with Gasteiger partial charge in [-0.15, -0.1) is 0 Å². The van der Waals surface area contributed by atoms with Crippen LogP contribution >= 0.6 is 23.2 Å². The average Bonchev–Trinajstić information content (AvgIpc) is 2.39. The van der Waals surface area contributed by atoms with E-state index in [1.165, 1.54) is 0 Å². The first-order valence-corrected chi connectivity index (χ1v) is 3.98. The summed E-state index contributed by atoms with van der Waals surface area (Å²) in [4.78, 5) is 0. The number of hydrogen-bond donors (Lipinski definition) is 0. The van der Waals surface area contributed by atoms with E-state index in [0.717, 1.165) is 19.4 Å². The Morgan fingerprint density at radius 3 is 2.67 bits per heavy atom. The molecule has 2 rings (SSSR count). The molecule has 2 aliphatic rings. The molecule has 1 saturated heterocycles. The zero-order chi connectivity index (χ0) is 6.48. The van der Waals surface area contributed by atoms with Crippen molar-refractivity contribution in [1.29, 1.82) is 0 Å². The number of halogens is 2. The summed E-state index contributed by atoms with van der Waals surface area (Å²) in [7, 11) is 0. The van der Waals surface area contributed by atoms with Gasteiger partial charge in [0.2, 0.25) is 0 Å². The van der Waals surface area contributed by atoms with Gasteiger partial charge in [-0.1, -0.05) is 23.2 Å². The third-order valence-electron chi connectivity index (χ3n) is 2.09. The zero-order valence-electron chi connectivity index (χ0n) is 4.94. The predicted octanol–water partition coefficient (Wildman–Crippen LogP) is 1.97. The van der Waals surface area contributed by atoms with Gasteiger partial charge in [0.15, 0.2) is 0 Å². The molecule has 9 heavy (non-hydrogen) atoms. The van der Waals surface area contributed by atoms with Crippen LogP contribution < -0.4 is 0 Å². The number of fused-ring (bicyclic) bond motifs is 1. The predicted molar refractivity (Wildman–Crippen MR) is 36.9 cm³/mol. The number of ether oxygens (including phenoxy) is 1. The van der Waals surface area contributed by atoms with Gasteiger partial charge in [0, 0.05) is 12.5 Å². The van der Waals surface area contributed by atoms with Crippen LogP contribution in [0.3, 0.4) is 0 Å². The second-order valence-corrected chi connectivity index (χ2v) is 4.16. The Morgan fingerprint density at radius 1 is 1.44 bits per heavy atom. The fourth-order valence-corrected chi connectivity index (χ4v) is 2.19. The maximum absolute atomic E-state index is 5.85. The summed E-state index contributed by atoms with van der Waals surface area (Å²) in [5.74, 6) is 0.426.